The average molecular weight is 196 g/mol. The van der Waals surface area contributed by atoms with Crippen molar-refractivity contribution < 1.29 is 0 Å². The first-order valence-electron chi connectivity index (χ1n) is 5.90. The molecule has 0 aromatic rings. The van der Waals surface area contributed by atoms with Crippen molar-refractivity contribution in [3.8, 4) is 0 Å². The van der Waals surface area contributed by atoms with Crippen LogP contribution in [-0.2, 0) is 0 Å². The van der Waals surface area contributed by atoms with Gasteiger partial charge in [0, 0.05) is 13.1 Å². The molecule has 0 radical (unpaired) electrons. The summed E-state index contributed by atoms with van der Waals surface area (Å²) < 4.78 is 0. The fraction of sp³-hybridized carbons (Fsp3) is 0.833. The first kappa shape index (κ1) is 11.7. The quantitative estimate of drug-likeness (QED) is 0.658. The summed E-state index contributed by atoms with van der Waals surface area (Å²) >= 11 is 0. The van der Waals surface area contributed by atoms with Gasteiger partial charge in [-0.05, 0) is 44.7 Å². The SMILES string of the molecule is CC(CCN)CCCN1CC=CCC1. The Labute approximate surface area is 88.2 Å². The Balaban J connectivity index is 2.00. The third kappa shape index (κ3) is 4.77. The maximum atomic E-state index is 5.52. The highest BCUT2D eigenvalue weighted by atomic mass is 15.1. The summed E-state index contributed by atoms with van der Waals surface area (Å²) in [5, 5.41) is 0. The van der Waals surface area contributed by atoms with Crippen LogP contribution in [0.5, 0.6) is 0 Å². The molecule has 0 spiro atoms. The molecule has 0 amide bonds. The standard InChI is InChI=1S/C12H24N2/c1-12(7-8-13)6-5-11-14-9-3-2-4-10-14/h2-3,12H,4-11,13H2,1H3. The number of nitrogens with zero attached hydrogens (tertiary/aromatic N) is 1. The Bertz CT molecular complexity index is 166. The molecule has 0 saturated heterocycles. The zero-order valence-corrected chi connectivity index (χ0v) is 9.41. The topological polar surface area (TPSA) is 29.3 Å². The minimum atomic E-state index is 0.806. The van der Waals surface area contributed by atoms with Gasteiger partial charge in [0.1, 0.15) is 0 Å². The van der Waals surface area contributed by atoms with Crippen LogP contribution < -0.4 is 5.73 Å². The molecule has 1 aliphatic rings. The summed E-state index contributed by atoms with van der Waals surface area (Å²) in [4.78, 5) is 2.54. The van der Waals surface area contributed by atoms with Crippen LogP contribution >= 0.6 is 0 Å². The number of rotatable bonds is 6. The number of hydrogen-bond acceptors (Lipinski definition) is 2. The van der Waals surface area contributed by atoms with Crippen molar-refractivity contribution >= 4 is 0 Å². The molecule has 0 aliphatic carbocycles. The van der Waals surface area contributed by atoms with Crippen LogP contribution in [0.2, 0.25) is 0 Å². The highest BCUT2D eigenvalue weighted by Gasteiger charge is 2.06. The van der Waals surface area contributed by atoms with E-state index in [2.05, 4.69) is 24.0 Å². The molecule has 0 bridgehead atoms. The van der Waals surface area contributed by atoms with E-state index in [1.54, 1.807) is 0 Å². The maximum absolute atomic E-state index is 5.52. The fourth-order valence-corrected chi connectivity index (χ4v) is 1.99. The van der Waals surface area contributed by atoms with E-state index in [4.69, 9.17) is 5.73 Å². The summed E-state index contributed by atoms with van der Waals surface area (Å²) in [7, 11) is 0. The van der Waals surface area contributed by atoms with Crippen LogP contribution in [0.25, 0.3) is 0 Å². The maximum Gasteiger partial charge on any atom is 0.0163 e. The second-order valence-corrected chi connectivity index (χ2v) is 4.39. The average Bonchev–Trinajstić information content (AvgIpc) is 2.20. The third-order valence-electron chi connectivity index (χ3n) is 2.97. The molecule has 2 N–H and O–H groups in total. The first-order valence-corrected chi connectivity index (χ1v) is 5.90. The lowest BCUT2D eigenvalue weighted by molar-refractivity contribution is 0.282. The van der Waals surface area contributed by atoms with Crippen molar-refractivity contribution in [2.75, 3.05) is 26.2 Å². The Morgan fingerprint density at radius 3 is 2.86 bits per heavy atom. The van der Waals surface area contributed by atoms with E-state index < -0.39 is 0 Å². The molecule has 1 atom stereocenters. The number of nitrogens with two attached hydrogens (primary N) is 1. The van der Waals surface area contributed by atoms with Gasteiger partial charge in [-0.3, -0.25) is 4.90 Å². The van der Waals surface area contributed by atoms with E-state index in [1.807, 2.05) is 0 Å². The van der Waals surface area contributed by atoms with Gasteiger partial charge in [-0.2, -0.15) is 0 Å². The zero-order chi connectivity index (χ0) is 10.2. The van der Waals surface area contributed by atoms with E-state index >= 15 is 0 Å². The van der Waals surface area contributed by atoms with E-state index in [9.17, 15) is 0 Å². The van der Waals surface area contributed by atoms with Crippen LogP contribution in [0.1, 0.15) is 32.6 Å². The smallest absolute Gasteiger partial charge is 0.0163 e. The molecular formula is C12H24N2. The predicted octanol–water partition coefficient (Wildman–Crippen LogP) is 2.01. The Morgan fingerprint density at radius 1 is 1.36 bits per heavy atom. The van der Waals surface area contributed by atoms with Crippen LogP contribution in [0.4, 0.5) is 0 Å². The molecule has 1 heterocycles. The fourth-order valence-electron chi connectivity index (χ4n) is 1.99. The van der Waals surface area contributed by atoms with Crippen molar-refractivity contribution in [1.82, 2.24) is 4.90 Å². The Morgan fingerprint density at radius 2 is 2.21 bits per heavy atom. The van der Waals surface area contributed by atoms with E-state index in [1.165, 1.54) is 38.8 Å². The van der Waals surface area contributed by atoms with Crippen molar-refractivity contribution in [3.63, 3.8) is 0 Å². The molecule has 1 aliphatic heterocycles. The van der Waals surface area contributed by atoms with Crippen LogP contribution in [0, 0.1) is 5.92 Å². The molecule has 2 nitrogen and oxygen atoms in total. The molecular weight excluding hydrogens is 172 g/mol. The highest BCUT2D eigenvalue weighted by Crippen LogP contribution is 2.10. The summed E-state index contributed by atoms with van der Waals surface area (Å²) in [6, 6.07) is 0. The van der Waals surface area contributed by atoms with Crippen molar-refractivity contribution in [2.24, 2.45) is 11.7 Å². The van der Waals surface area contributed by atoms with Gasteiger partial charge in [-0.1, -0.05) is 19.1 Å². The second-order valence-electron chi connectivity index (χ2n) is 4.39. The van der Waals surface area contributed by atoms with Gasteiger partial charge in [0.2, 0.25) is 0 Å². The minimum Gasteiger partial charge on any atom is -0.330 e. The first-order chi connectivity index (χ1) is 6.83. The van der Waals surface area contributed by atoms with Crippen molar-refractivity contribution in [3.05, 3.63) is 12.2 Å². The van der Waals surface area contributed by atoms with Crippen LogP contribution in [0.15, 0.2) is 12.2 Å². The molecule has 14 heavy (non-hydrogen) atoms. The van der Waals surface area contributed by atoms with Gasteiger partial charge in [-0.25, -0.2) is 0 Å². The van der Waals surface area contributed by atoms with Gasteiger partial charge in [0.25, 0.3) is 0 Å². The van der Waals surface area contributed by atoms with Gasteiger partial charge in [0.05, 0.1) is 0 Å². The largest absolute Gasteiger partial charge is 0.330 e. The third-order valence-corrected chi connectivity index (χ3v) is 2.97. The van der Waals surface area contributed by atoms with E-state index in [0.29, 0.717) is 0 Å². The molecule has 1 unspecified atom stereocenters. The van der Waals surface area contributed by atoms with Crippen LogP contribution in [0.3, 0.4) is 0 Å². The lowest BCUT2D eigenvalue weighted by atomic mass is 10.0. The van der Waals surface area contributed by atoms with Gasteiger partial charge >= 0.3 is 0 Å². The molecule has 82 valence electrons. The summed E-state index contributed by atoms with van der Waals surface area (Å²) in [5.41, 5.74) is 5.52. The molecule has 0 fully saturated rings. The van der Waals surface area contributed by atoms with Crippen molar-refractivity contribution in [1.29, 1.82) is 0 Å². The summed E-state index contributed by atoms with van der Waals surface area (Å²) in [5.74, 6) is 0.806. The molecule has 2 heteroatoms. The zero-order valence-electron chi connectivity index (χ0n) is 9.41. The lowest BCUT2D eigenvalue weighted by Gasteiger charge is -2.23. The van der Waals surface area contributed by atoms with Crippen LogP contribution in [-0.4, -0.2) is 31.1 Å². The van der Waals surface area contributed by atoms with E-state index in [-0.39, 0.29) is 0 Å². The normalized spacial score (nSPS) is 19.9. The molecule has 1 rings (SSSR count). The summed E-state index contributed by atoms with van der Waals surface area (Å²) in [6.45, 7) is 6.82. The van der Waals surface area contributed by atoms with Gasteiger partial charge in [0.15, 0.2) is 0 Å². The molecule has 0 saturated carbocycles. The lowest BCUT2D eigenvalue weighted by Crippen LogP contribution is -2.28. The minimum absolute atomic E-state index is 0.806. The van der Waals surface area contributed by atoms with Gasteiger partial charge < -0.3 is 5.73 Å². The van der Waals surface area contributed by atoms with Gasteiger partial charge in [-0.15, -0.1) is 0 Å². The monoisotopic (exact) mass is 196 g/mol. The molecule has 0 aromatic heterocycles. The summed E-state index contributed by atoms with van der Waals surface area (Å²) in [6.07, 6.45) is 9.64. The highest BCUT2D eigenvalue weighted by molar-refractivity contribution is 4.90. The second kappa shape index (κ2) is 7.02. The number of hydrogen-bond donors (Lipinski definition) is 1. The van der Waals surface area contributed by atoms with Crippen molar-refractivity contribution in [2.45, 2.75) is 32.6 Å². The van der Waals surface area contributed by atoms with E-state index in [0.717, 1.165) is 19.0 Å². The Hall–Kier alpha value is -0.340. The Kier molecular flexibility index (Phi) is 5.88. The predicted molar refractivity (Wildman–Crippen MR) is 62.3 cm³/mol. The molecule has 0 aromatic carbocycles.